The molecule has 0 aromatic heterocycles. The van der Waals surface area contributed by atoms with Crippen LogP contribution in [-0.4, -0.2) is 30.2 Å². The summed E-state index contributed by atoms with van der Waals surface area (Å²) in [6.07, 6.45) is 7.23. The second-order valence-electron chi connectivity index (χ2n) is 8.85. The highest BCUT2D eigenvalue weighted by molar-refractivity contribution is 6.08. The summed E-state index contributed by atoms with van der Waals surface area (Å²) in [6, 6.07) is 18.9. The van der Waals surface area contributed by atoms with Crippen molar-refractivity contribution in [2.24, 2.45) is 5.92 Å². The second-order valence-corrected chi connectivity index (χ2v) is 8.85. The molecule has 1 saturated heterocycles. The van der Waals surface area contributed by atoms with Crippen molar-refractivity contribution in [3.63, 3.8) is 0 Å². The van der Waals surface area contributed by atoms with Gasteiger partial charge in [0.1, 0.15) is 11.8 Å². The first-order valence-electron chi connectivity index (χ1n) is 11.3. The molecule has 1 aliphatic heterocycles. The van der Waals surface area contributed by atoms with Crippen LogP contribution in [0.3, 0.4) is 0 Å². The molecule has 5 heteroatoms. The monoisotopic (exact) mass is 418 g/mol. The summed E-state index contributed by atoms with van der Waals surface area (Å²) in [6.45, 7) is 0.655. The van der Waals surface area contributed by atoms with Crippen molar-refractivity contribution in [1.82, 2.24) is 10.6 Å². The van der Waals surface area contributed by atoms with Crippen LogP contribution >= 0.6 is 0 Å². The van der Waals surface area contributed by atoms with Crippen LogP contribution in [0.1, 0.15) is 60.9 Å². The van der Waals surface area contributed by atoms with Crippen LogP contribution in [0.2, 0.25) is 0 Å². The Hall–Kier alpha value is -2.79. The summed E-state index contributed by atoms with van der Waals surface area (Å²) >= 11 is 0. The third-order valence-corrected chi connectivity index (χ3v) is 7.21. The molecule has 31 heavy (non-hydrogen) atoms. The Morgan fingerprint density at radius 3 is 2.10 bits per heavy atom. The normalized spacial score (nSPS) is 23.6. The standard InChI is InChI=1S/C26H30N2O3/c29-19-22(25(15-8-3-9-16-25)21-13-6-2-7-14-21)26(17-10-18-27-26)24(31)28-23(30)20-11-4-1-5-12-20/h1-2,4-7,11-14,19,22,27H,3,8-10,15-18H2,(H,28,30,31)/t22?,26-/m0/s1. The highest BCUT2D eigenvalue weighted by Crippen LogP contribution is 2.50. The lowest BCUT2D eigenvalue weighted by atomic mass is 9.56. The third kappa shape index (κ3) is 3.94. The lowest BCUT2D eigenvalue weighted by molar-refractivity contribution is -0.134. The predicted molar refractivity (Wildman–Crippen MR) is 120 cm³/mol. The fourth-order valence-corrected chi connectivity index (χ4v) is 5.69. The fraction of sp³-hybridized carbons (Fsp3) is 0.423. The lowest BCUT2D eigenvalue weighted by Gasteiger charge is -2.48. The van der Waals surface area contributed by atoms with Crippen molar-refractivity contribution in [1.29, 1.82) is 0 Å². The summed E-state index contributed by atoms with van der Waals surface area (Å²) in [5.74, 6) is -1.37. The minimum Gasteiger partial charge on any atom is -0.303 e. The summed E-state index contributed by atoms with van der Waals surface area (Å²) in [7, 11) is 0. The van der Waals surface area contributed by atoms with E-state index in [1.807, 2.05) is 24.3 Å². The van der Waals surface area contributed by atoms with E-state index in [4.69, 9.17) is 0 Å². The molecule has 2 fully saturated rings. The third-order valence-electron chi connectivity index (χ3n) is 7.21. The molecular formula is C26H30N2O3. The van der Waals surface area contributed by atoms with Crippen molar-refractivity contribution >= 4 is 18.1 Å². The summed E-state index contributed by atoms with van der Waals surface area (Å²) in [5.41, 5.74) is 0.0506. The Bertz CT molecular complexity index is 914. The van der Waals surface area contributed by atoms with Gasteiger partial charge in [-0.25, -0.2) is 0 Å². The number of nitrogens with one attached hydrogen (secondary N) is 2. The molecule has 2 N–H and O–H groups in total. The van der Waals surface area contributed by atoms with Gasteiger partial charge in [0.25, 0.3) is 5.91 Å². The van der Waals surface area contributed by atoms with E-state index >= 15 is 0 Å². The summed E-state index contributed by atoms with van der Waals surface area (Å²) < 4.78 is 0. The van der Waals surface area contributed by atoms with Gasteiger partial charge in [-0.05, 0) is 49.9 Å². The van der Waals surface area contributed by atoms with Gasteiger partial charge in [-0.15, -0.1) is 0 Å². The van der Waals surface area contributed by atoms with Gasteiger partial charge in [0, 0.05) is 11.0 Å². The van der Waals surface area contributed by atoms with Gasteiger partial charge in [-0.3, -0.25) is 14.9 Å². The molecule has 2 aliphatic rings. The van der Waals surface area contributed by atoms with Crippen molar-refractivity contribution in [3.8, 4) is 0 Å². The van der Waals surface area contributed by atoms with Crippen LogP contribution in [0.4, 0.5) is 0 Å². The Labute approximate surface area is 183 Å². The first kappa shape index (κ1) is 21.4. The van der Waals surface area contributed by atoms with Gasteiger partial charge in [-0.1, -0.05) is 67.8 Å². The molecule has 2 aromatic rings. The smallest absolute Gasteiger partial charge is 0.257 e. The van der Waals surface area contributed by atoms with E-state index in [0.717, 1.165) is 50.4 Å². The van der Waals surface area contributed by atoms with E-state index in [1.165, 1.54) is 0 Å². The van der Waals surface area contributed by atoms with Gasteiger partial charge in [-0.2, -0.15) is 0 Å². The number of rotatable bonds is 6. The molecule has 1 saturated carbocycles. The van der Waals surface area contributed by atoms with Gasteiger partial charge >= 0.3 is 0 Å². The minimum absolute atomic E-state index is 0.392. The zero-order valence-electron chi connectivity index (χ0n) is 17.8. The zero-order valence-corrected chi connectivity index (χ0v) is 17.8. The van der Waals surface area contributed by atoms with Gasteiger partial charge in [0.15, 0.2) is 0 Å². The number of carbonyl (C=O) groups excluding carboxylic acids is 3. The van der Waals surface area contributed by atoms with Gasteiger partial charge in [0.2, 0.25) is 5.91 Å². The first-order valence-corrected chi connectivity index (χ1v) is 11.3. The predicted octanol–water partition coefficient (Wildman–Crippen LogP) is 3.78. The van der Waals surface area contributed by atoms with E-state index in [1.54, 1.807) is 24.3 Å². The highest BCUT2D eigenvalue weighted by atomic mass is 16.2. The average Bonchev–Trinajstić information content (AvgIpc) is 3.32. The lowest BCUT2D eigenvalue weighted by Crippen LogP contribution is -2.64. The number of aldehydes is 1. The van der Waals surface area contributed by atoms with Crippen molar-refractivity contribution in [3.05, 3.63) is 71.8 Å². The maximum absolute atomic E-state index is 13.6. The van der Waals surface area contributed by atoms with Crippen LogP contribution in [-0.2, 0) is 15.0 Å². The van der Waals surface area contributed by atoms with Crippen LogP contribution in [0.5, 0.6) is 0 Å². The van der Waals surface area contributed by atoms with E-state index in [-0.39, 0.29) is 0 Å². The SMILES string of the molecule is O=CC(C1(c2ccccc2)CCCCC1)[C@]1(C(=O)NC(=O)c2ccccc2)CCCN1. The Morgan fingerprint density at radius 1 is 0.871 bits per heavy atom. The van der Waals surface area contributed by atoms with E-state index < -0.39 is 28.7 Å². The fourth-order valence-electron chi connectivity index (χ4n) is 5.69. The van der Waals surface area contributed by atoms with E-state index in [9.17, 15) is 14.4 Å². The number of hydrogen-bond acceptors (Lipinski definition) is 4. The average molecular weight is 419 g/mol. The molecular weight excluding hydrogens is 388 g/mol. The van der Waals surface area contributed by atoms with Crippen LogP contribution in [0.25, 0.3) is 0 Å². The number of benzene rings is 2. The topological polar surface area (TPSA) is 75.3 Å². The maximum atomic E-state index is 13.6. The van der Waals surface area contributed by atoms with Gasteiger partial charge < -0.3 is 10.1 Å². The molecule has 4 rings (SSSR count). The molecule has 5 nitrogen and oxygen atoms in total. The molecule has 2 amide bonds. The number of imide groups is 1. The summed E-state index contributed by atoms with van der Waals surface area (Å²) in [4.78, 5) is 39.1. The quantitative estimate of drug-likeness (QED) is 0.553. The van der Waals surface area contributed by atoms with Crippen molar-refractivity contribution < 1.29 is 14.4 Å². The van der Waals surface area contributed by atoms with Crippen molar-refractivity contribution in [2.75, 3.05) is 6.54 Å². The Kier molecular flexibility index (Phi) is 6.33. The first-order chi connectivity index (χ1) is 15.1. The summed E-state index contributed by atoms with van der Waals surface area (Å²) in [5, 5.41) is 5.98. The minimum atomic E-state index is -1.08. The maximum Gasteiger partial charge on any atom is 0.257 e. The second kappa shape index (κ2) is 9.15. The van der Waals surface area contributed by atoms with Gasteiger partial charge in [0.05, 0.1) is 5.92 Å². The molecule has 162 valence electrons. The Morgan fingerprint density at radius 2 is 1.52 bits per heavy atom. The molecule has 1 unspecified atom stereocenters. The molecule has 1 heterocycles. The molecule has 0 spiro atoms. The molecule has 2 aromatic carbocycles. The number of amides is 2. The molecule has 2 atom stereocenters. The number of hydrogen-bond donors (Lipinski definition) is 2. The largest absolute Gasteiger partial charge is 0.303 e. The van der Waals surface area contributed by atoms with Crippen molar-refractivity contribution in [2.45, 2.75) is 55.9 Å². The van der Waals surface area contributed by atoms with E-state index in [0.29, 0.717) is 18.5 Å². The molecule has 1 aliphatic carbocycles. The highest BCUT2D eigenvalue weighted by Gasteiger charge is 2.57. The van der Waals surface area contributed by atoms with Crippen LogP contribution in [0.15, 0.2) is 60.7 Å². The zero-order chi connectivity index (χ0) is 21.7. The van der Waals surface area contributed by atoms with E-state index in [2.05, 4.69) is 22.8 Å². The number of carbonyl (C=O) groups is 3. The van der Waals surface area contributed by atoms with Crippen LogP contribution < -0.4 is 10.6 Å². The molecule has 0 radical (unpaired) electrons. The van der Waals surface area contributed by atoms with Crippen LogP contribution in [0, 0.1) is 5.92 Å². The molecule has 0 bridgehead atoms. The Balaban J connectivity index is 1.71.